The van der Waals surface area contributed by atoms with Crippen LogP contribution in [0.15, 0.2) is 48.5 Å². The number of halogens is 2. The molecule has 0 bridgehead atoms. The van der Waals surface area contributed by atoms with Crippen molar-refractivity contribution in [3.05, 3.63) is 76.7 Å². The number of methoxy groups -OCH3 is 2. The molecule has 0 spiro atoms. The van der Waals surface area contributed by atoms with Gasteiger partial charge in [-0.2, -0.15) is 13.9 Å². The van der Waals surface area contributed by atoms with E-state index in [0.717, 1.165) is 48.9 Å². The van der Waals surface area contributed by atoms with Crippen LogP contribution in [0.4, 0.5) is 14.6 Å². The number of piperazine rings is 1. The van der Waals surface area contributed by atoms with E-state index < -0.39 is 24.5 Å². The van der Waals surface area contributed by atoms with Gasteiger partial charge in [0.05, 0.1) is 36.9 Å². The van der Waals surface area contributed by atoms with E-state index in [4.69, 9.17) is 24.2 Å². The Balaban J connectivity index is 0.933. The molecule has 2 aliphatic heterocycles. The predicted octanol–water partition coefficient (Wildman–Crippen LogP) is 5.17. The lowest BCUT2D eigenvalue weighted by molar-refractivity contribution is -0.135. The number of nitrogens with one attached hydrogen (secondary N) is 2. The van der Waals surface area contributed by atoms with Gasteiger partial charge in [-0.25, -0.2) is 9.97 Å². The number of aryl methyl sites for hydroxylation is 3. The third-order valence-electron chi connectivity index (χ3n) is 11.6. The highest BCUT2D eigenvalue weighted by Crippen LogP contribution is 2.41. The zero-order chi connectivity index (χ0) is 43.4. The molecule has 2 aromatic heterocycles. The first-order chi connectivity index (χ1) is 29.3. The summed E-state index contributed by atoms with van der Waals surface area (Å²) in [6.45, 7) is 5.78. The van der Waals surface area contributed by atoms with Crippen molar-refractivity contribution in [3.63, 3.8) is 0 Å². The molecular formula is C44H52F2N8O7. The molecular weight excluding hydrogens is 791 g/mol. The summed E-state index contributed by atoms with van der Waals surface area (Å²) in [6.07, 6.45) is 3.05. The SMILES string of the molecule is COc1cc2c(N[C@H](C)c3cccc(C(F)(F)CO)c3)nc(C)nc2c(CCCCN2CCN(C(=O)COc3ccc4c(C5CCC(=O)NC5=O)nn(C)c4c3)CC2)c1OC. The van der Waals surface area contributed by atoms with Crippen LogP contribution in [0.5, 0.6) is 17.2 Å². The lowest BCUT2D eigenvalue weighted by atomic mass is 9.93. The highest BCUT2D eigenvalue weighted by atomic mass is 19.3. The van der Waals surface area contributed by atoms with Gasteiger partial charge in [-0.1, -0.05) is 18.2 Å². The van der Waals surface area contributed by atoms with Crippen LogP contribution in [0.25, 0.3) is 21.8 Å². The number of aliphatic hydroxyl groups excluding tert-OH is 1. The number of nitrogens with zero attached hydrogens (tertiary/aromatic N) is 6. The van der Waals surface area contributed by atoms with Gasteiger partial charge in [0, 0.05) is 73.7 Å². The van der Waals surface area contributed by atoms with E-state index >= 15 is 0 Å². The second kappa shape index (κ2) is 18.4. The van der Waals surface area contributed by atoms with E-state index in [0.29, 0.717) is 77.0 Å². The van der Waals surface area contributed by atoms with Crippen LogP contribution in [0.3, 0.4) is 0 Å². The van der Waals surface area contributed by atoms with Crippen LogP contribution in [-0.2, 0) is 33.8 Å². The molecule has 0 aliphatic carbocycles. The summed E-state index contributed by atoms with van der Waals surface area (Å²) in [5.41, 5.74) is 3.33. The molecule has 3 N–H and O–H groups in total. The number of carbonyl (C=O) groups excluding carboxylic acids is 3. The number of carbonyl (C=O) groups is 3. The highest BCUT2D eigenvalue weighted by molar-refractivity contribution is 6.02. The molecule has 2 saturated heterocycles. The second-order valence-electron chi connectivity index (χ2n) is 15.6. The van der Waals surface area contributed by atoms with Gasteiger partial charge < -0.3 is 29.5 Å². The van der Waals surface area contributed by atoms with E-state index in [1.807, 2.05) is 30.0 Å². The monoisotopic (exact) mass is 842 g/mol. The van der Waals surface area contributed by atoms with Crippen molar-refractivity contribution in [1.82, 2.24) is 34.9 Å². The fraction of sp³-hybridized carbons (Fsp3) is 0.455. The third-order valence-corrected chi connectivity index (χ3v) is 11.6. The fourth-order valence-corrected chi connectivity index (χ4v) is 8.19. The van der Waals surface area contributed by atoms with Gasteiger partial charge in [0.15, 0.2) is 18.1 Å². The first-order valence-electron chi connectivity index (χ1n) is 20.5. The number of fused-ring (bicyclic) bond motifs is 2. The average Bonchev–Trinajstić information content (AvgIpc) is 3.58. The van der Waals surface area contributed by atoms with Gasteiger partial charge in [-0.15, -0.1) is 0 Å². The molecule has 4 heterocycles. The Hall–Kier alpha value is -5.94. The smallest absolute Gasteiger partial charge is 0.295 e. The number of ether oxygens (including phenoxy) is 3. The van der Waals surface area contributed by atoms with Gasteiger partial charge >= 0.3 is 0 Å². The lowest BCUT2D eigenvalue weighted by Gasteiger charge is -2.34. The molecule has 61 heavy (non-hydrogen) atoms. The van der Waals surface area contributed by atoms with E-state index in [1.54, 1.807) is 51.1 Å². The Labute approximate surface area is 352 Å². The van der Waals surface area contributed by atoms with Gasteiger partial charge in [-0.3, -0.25) is 29.3 Å². The van der Waals surface area contributed by atoms with Crippen molar-refractivity contribution in [3.8, 4) is 17.2 Å². The number of imide groups is 1. The molecule has 7 rings (SSSR count). The summed E-state index contributed by atoms with van der Waals surface area (Å²) >= 11 is 0. The maximum Gasteiger partial charge on any atom is 0.295 e. The lowest BCUT2D eigenvalue weighted by Crippen LogP contribution is -2.50. The van der Waals surface area contributed by atoms with Gasteiger partial charge in [0.1, 0.15) is 24.0 Å². The van der Waals surface area contributed by atoms with Crippen molar-refractivity contribution in [2.75, 3.05) is 65.5 Å². The topological polar surface area (TPSA) is 173 Å². The van der Waals surface area contributed by atoms with E-state index in [-0.39, 0.29) is 36.3 Å². The minimum absolute atomic E-state index is 0.0942. The number of aliphatic hydroxyl groups is 1. The largest absolute Gasteiger partial charge is 0.493 e. The number of amides is 3. The van der Waals surface area contributed by atoms with Gasteiger partial charge in [0.25, 0.3) is 11.8 Å². The third kappa shape index (κ3) is 9.37. The highest BCUT2D eigenvalue weighted by Gasteiger charge is 2.33. The minimum Gasteiger partial charge on any atom is -0.493 e. The molecule has 0 saturated carbocycles. The molecule has 17 heteroatoms. The van der Waals surface area contributed by atoms with Crippen molar-refractivity contribution in [2.24, 2.45) is 7.05 Å². The van der Waals surface area contributed by atoms with E-state index in [9.17, 15) is 28.3 Å². The van der Waals surface area contributed by atoms with E-state index in [1.165, 1.54) is 12.1 Å². The molecule has 324 valence electrons. The number of piperidine rings is 1. The summed E-state index contributed by atoms with van der Waals surface area (Å²) in [7, 11) is 4.96. The first kappa shape index (κ1) is 43.2. The average molecular weight is 843 g/mol. The Morgan fingerprint density at radius 3 is 2.54 bits per heavy atom. The predicted molar refractivity (Wildman–Crippen MR) is 224 cm³/mol. The number of aromatic nitrogens is 4. The van der Waals surface area contributed by atoms with Crippen molar-refractivity contribution in [2.45, 2.75) is 63.8 Å². The summed E-state index contributed by atoms with van der Waals surface area (Å²) < 4.78 is 47.9. The number of rotatable bonds is 16. The zero-order valence-corrected chi connectivity index (χ0v) is 35.1. The van der Waals surface area contributed by atoms with E-state index in [2.05, 4.69) is 20.6 Å². The summed E-state index contributed by atoms with van der Waals surface area (Å²) in [5.74, 6) is -1.86. The summed E-state index contributed by atoms with van der Waals surface area (Å²) in [6, 6.07) is 12.8. The second-order valence-corrected chi connectivity index (χ2v) is 15.6. The molecule has 3 amide bonds. The zero-order valence-electron chi connectivity index (χ0n) is 35.1. The summed E-state index contributed by atoms with van der Waals surface area (Å²) in [5, 5.41) is 21.1. The Bertz CT molecular complexity index is 2430. The maximum atomic E-state index is 14.3. The van der Waals surface area contributed by atoms with Crippen LogP contribution in [-0.4, -0.2) is 113 Å². The number of unbranched alkanes of at least 4 members (excludes halogenated alkanes) is 1. The van der Waals surface area contributed by atoms with Crippen LogP contribution >= 0.6 is 0 Å². The number of hydrogen-bond donors (Lipinski definition) is 3. The minimum atomic E-state index is -3.36. The number of anilines is 1. The Morgan fingerprint density at radius 2 is 1.82 bits per heavy atom. The van der Waals surface area contributed by atoms with Crippen molar-refractivity contribution < 1.29 is 42.5 Å². The molecule has 2 fully saturated rings. The Kier molecular flexibility index (Phi) is 13.0. The molecule has 2 atom stereocenters. The van der Waals surface area contributed by atoms with Crippen LogP contribution in [0, 0.1) is 6.92 Å². The molecule has 2 aliphatic rings. The summed E-state index contributed by atoms with van der Waals surface area (Å²) in [4.78, 5) is 51.0. The van der Waals surface area contributed by atoms with Crippen LogP contribution in [0.1, 0.15) is 72.8 Å². The van der Waals surface area contributed by atoms with Crippen LogP contribution in [0.2, 0.25) is 0 Å². The Morgan fingerprint density at radius 1 is 1.03 bits per heavy atom. The van der Waals surface area contributed by atoms with Gasteiger partial charge in [0.2, 0.25) is 11.8 Å². The standard InChI is InChI=1S/C44H52F2N8O7/c1-26(28-9-8-10-29(21-28)44(45,46)25-55)47-42-34-23-36(59-4)41(60-5)32(39(34)48-27(2)49-42)11-6-7-16-53-17-19-54(20-18-53)38(57)24-61-30-12-13-31-35(22-30)52(3)51-40(31)33-14-15-37(56)50-43(33)58/h8-10,12-13,21-23,26,33,55H,6-7,11,14-20,24-25H2,1-5H3,(H,47,48,49)(H,50,56,58)/t26-,33?/m1/s1. The van der Waals surface area contributed by atoms with Crippen LogP contribution < -0.4 is 24.8 Å². The molecule has 0 radical (unpaired) electrons. The molecule has 3 aromatic carbocycles. The number of hydrogen-bond acceptors (Lipinski definition) is 12. The van der Waals surface area contributed by atoms with Crippen molar-refractivity contribution >= 4 is 45.3 Å². The maximum absolute atomic E-state index is 14.3. The quantitative estimate of drug-likeness (QED) is 0.0881. The molecule has 5 aromatic rings. The molecule has 15 nitrogen and oxygen atoms in total. The van der Waals surface area contributed by atoms with Gasteiger partial charge in [-0.05, 0) is 75.9 Å². The van der Waals surface area contributed by atoms with Crippen molar-refractivity contribution in [1.29, 1.82) is 0 Å². The molecule has 1 unspecified atom stereocenters. The number of benzene rings is 3. The fourth-order valence-electron chi connectivity index (χ4n) is 8.19. The normalized spacial score (nSPS) is 16.8. The number of alkyl halides is 2. The first-order valence-corrected chi connectivity index (χ1v) is 20.5.